The van der Waals surface area contributed by atoms with E-state index in [-0.39, 0.29) is 18.0 Å². The molecule has 0 aliphatic heterocycles. The van der Waals surface area contributed by atoms with Crippen LogP contribution in [0.2, 0.25) is 0 Å². The molecule has 0 aliphatic rings. The zero-order valence-electron chi connectivity index (χ0n) is 14.6. The number of non-ortho nitro benzene ring substituents is 1. The van der Waals surface area contributed by atoms with E-state index < -0.39 is 4.92 Å². The van der Waals surface area contributed by atoms with Gasteiger partial charge in [0, 0.05) is 38.1 Å². The Morgan fingerprint density at radius 3 is 2.38 bits per heavy atom. The molecule has 26 heavy (non-hydrogen) atoms. The monoisotopic (exact) mass is 352 g/mol. The van der Waals surface area contributed by atoms with Crippen molar-refractivity contribution < 1.29 is 9.72 Å². The maximum absolute atomic E-state index is 11.8. The summed E-state index contributed by atoms with van der Waals surface area (Å²) in [4.78, 5) is 23.9. The Morgan fingerprint density at radius 2 is 1.81 bits per heavy atom. The van der Waals surface area contributed by atoms with Crippen LogP contribution in [0.4, 0.5) is 11.4 Å². The molecule has 134 valence electrons. The number of amides is 1. The standard InChI is InChI=1S/C19H20N4O3/c1-22(2)17-9-5-15(6-10-17)4-3-13-20-21-19(24)14-16-7-11-18(12-8-16)23(25)26/h3-13H,14H2,1-2H3,(H,21,24)/b4-3+,20-13-. The van der Waals surface area contributed by atoms with Crippen LogP contribution in [0.15, 0.2) is 59.7 Å². The predicted molar refractivity (Wildman–Crippen MR) is 103 cm³/mol. The summed E-state index contributed by atoms with van der Waals surface area (Å²) in [5.41, 5.74) is 5.24. The smallest absolute Gasteiger partial charge is 0.269 e. The van der Waals surface area contributed by atoms with Gasteiger partial charge in [0.2, 0.25) is 5.91 Å². The molecule has 0 atom stereocenters. The minimum Gasteiger partial charge on any atom is -0.378 e. The first-order valence-corrected chi connectivity index (χ1v) is 7.95. The molecule has 0 radical (unpaired) electrons. The van der Waals surface area contributed by atoms with Gasteiger partial charge in [-0.2, -0.15) is 5.10 Å². The molecule has 1 amide bonds. The van der Waals surface area contributed by atoms with E-state index in [2.05, 4.69) is 10.5 Å². The van der Waals surface area contributed by atoms with Gasteiger partial charge in [0.05, 0.1) is 11.3 Å². The fraction of sp³-hybridized carbons (Fsp3) is 0.158. The number of anilines is 1. The van der Waals surface area contributed by atoms with Crippen LogP contribution in [-0.4, -0.2) is 31.1 Å². The first kappa shape index (κ1) is 18.9. The molecule has 0 bridgehead atoms. The van der Waals surface area contributed by atoms with Crippen molar-refractivity contribution >= 4 is 29.6 Å². The molecule has 0 saturated heterocycles. The molecule has 2 rings (SSSR count). The summed E-state index contributed by atoms with van der Waals surface area (Å²) in [5.74, 6) is -0.293. The lowest BCUT2D eigenvalue weighted by atomic mass is 10.1. The number of rotatable bonds is 7. The molecule has 1 N–H and O–H groups in total. The summed E-state index contributed by atoms with van der Waals surface area (Å²) in [6.45, 7) is 0. The van der Waals surface area contributed by atoms with Crippen molar-refractivity contribution in [3.05, 3.63) is 75.8 Å². The second-order valence-corrected chi connectivity index (χ2v) is 5.76. The van der Waals surface area contributed by atoms with Crippen LogP contribution in [0.25, 0.3) is 6.08 Å². The summed E-state index contributed by atoms with van der Waals surface area (Å²) in [6.07, 6.45) is 5.21. The van der Waals surface area contributed by atoms with Crippen molar-refractivity contribution in [1.82, 2.24) is 5.43 Å². The fourth-order valence-electron chi connectivity index (χ4n) is 2.15. The van der Waals surface area contributed by atoms with E-state index in [1.54, 1.807) is 18.2 Å². The van der Waals surface area contributed by atoms with E-state index in [1.165, 1.54) is 18.3 Å². The molecular formula is C19H20N4O3. The minimum absolute atomic E-state index is 0.00377. The SMILES string of the molecule is CN(C)c1ccc(/C=C/C=N\NC(=O)Cc2ccc([N+](=O)[O-])cc2)cc1. The summed E-state index contributed by atoms with van der Waals surface area (Å²) in [6, 6.07) is 13.9. The third kappa shape index (κ3) is 5.86. The number of carbonyl (C=O) groups excluding carboxylic acids is 1. The molecule has 0 spiro atoms. The number of carbonyl (C=O) groups is 1. The van der Waals surface area contributed by atoms with Gasteiger partial charge in [-0.05, 0) is 29.3 Å². The van der Waals surface area contributed by atoms with Crippen LogP contribution in [0.1, 0.15) is 11.1 Å². The van der Waals surface area contributed by atoms with Crippen LogP contribution in [0.3, 0.4) is 0 Å². The van der Waals surface area contributed by atoms with Gasteiger partial charge in [-0.3, -0.25) is 14.9 Å². The van der Waals surface area contributed by atoms with Crippen molar-refractivity contribution in [2.45, 2.75) is 6.42 Å². The van der Waals surface area contributed by atoms with E-state index in [0.29, 0.717) is 5.56 Å². The Hall–Kier alpha value is -3.48. The quantitative estimate of drug-likeness (QED) is 0.471. The van der Waals surface area contributed by atoms with Crippen molar-refractivity contribution in [3.8, 4) is 0 Å². The predicted octanol–water partition coefficient (Wildman–Crippen LogP) is 3.02. The summed E-state index contributed by atoms with van der Waals surface area (Å²) >= 11 is 0. The largest absolute Gasteiger partial charge is 0.378 e. The molecule has 2 aromatic carbocycles. The molecule has 0 heterocycles. The zero-order chi connectivity index (χ0) is 18.9. The lowest BCUT2D eigenvalue weighted by Crippen LogP contribution is -2.19. The molecule has 0 saturated carbocycles. The van der Waals surface area contributed by atoms with Crippen molar-refractivity contribution in [1.29, 1.82) is 0 Å². The molecule has 7 heteroatoms. The average Bonchev–Trinajstić information content (AvgIpc) is 2.62. The minimum atomic E-state index is -0.478. The average molecular weight is 352 g/mol. The highest BCUT2D eigenvalue weighted by molar-refractivity contribution is 5.82. The molecule has 0 fully saturated rings. The van der Waals surface area contributed by atoms with Gasteiger partial charge in [0.1, 0.15) is 0 Å². The zero-order valence-corrected chi connectivity index (χ0v) is 14.6. The van der Waals surface area contributed by atoms with Crippen molar-refractivity contribution in [2.75, 3.05) is 19.0 Å². The van der Waals surface area contributed by atoms with E-state index in [4.69, 9.17) is 0 Å². The number of nitro groups is 1. The van der Waals surface area contributed by atoms with Gasteiger partial charge in [-0.25, -0.2) is 5.43 Å². The number of hydrogen-bond acceptors (Lipinski definition) is 5. The van der Waals surface area contributed by atoms with Gasteiger partial charge in [-0.1, -0.05) is 30.3 Å². The maximum Gasteiger partial charge on any atom is 0.269 e. The first-order chi connectivity index (χ1) is 12.5. The second-order valence-electron chi connectivity index (χ2n) is 5.76. The Bertz CT molecular complexity index is 810. The lowest BCUT2D eigenvalue weighted by molar-refractivity contribution is -0.384. The number of allylic oxidation sites excluding steroid dienone is 1. The number of nitrogens with one attached hydrogen (secondary N) is 1. The third-order valence-corrected chi connectivity index (χ3v) is 3.56. The first-order valence-electron chi connectivity index (χ1n) is 7.95. The van der Waals surface area contributed by atoms with Crippen molar-refractivity contribution in [3.63, 3.8) is 0 Å². The maximum atomic E-state index is 11.8. The Labute approximate surface area is 151 Å². The summed E-state index contributed by atoms with van der Waals surface area (Å²) in [7, 11) is 3.97. The summed E-state index contributed by atoms with van der Waals surface area (Å²) < 4.78 is 0. The number of nitrogens with zero attached hydrogens (tertiary/aromatic N) is 3. The van der Waals surface area contributed by atoms with Crippen LogP contribution in [0, 0.1) is 10.1 Å². The van der Waals surface area contributed by atoms with Gasteiger partial charge in [0.15, 0.2) is 0 Å². The Balaban J connectivity index is 1.80. The van der Waals surface area contributed by atoms with Gasteiger partial charge < -0.3 is 4.90 Å². The van der Waals surface area contributed by atoms with Crippen LogP contribution in [0.5, 0.6) is 0 Å². The van der Waals surface area contributed by atoms with E-state index in [0.717, 1.165) is 11.3 Å². The van der Waals surface area contributed by atoms with Crippen LogP contribution in [-0.2, 0) is 11.2 Å². The Kier molecular flexibility index (Phi) is 6.61. The number of nitro benzene ring substituents is 1. The topological polar surface area (TPSA) is 87.8 Å². The fourth-order valence-corrected chi connectivity index (χ4v) is 2.15. The Morgan fingerprint density at radius 1 is 1.15 bits per heavy atom. The van der Waals surface area contributed by atoms with Gasteiger partial charge in [0.25, 0.3) is 5.69 Å². The molecule has 7 nitrogen and oxygen atoms in total. The molecular weight excluding hydrogens is 332 g/mol. The lowest BCUT2D eigenvalue weighted by Gasteiger charge is -2.11. The van der Waals surface area contributed by atoms with E-state index in [1.807, 2.05) is 49.3 Å². The highest BCUT2D eigenvalue weighted by atomic mass is 16.6. The van der Waals surface area contributed by atoms with E-state index in [9.17, 15) is 14.9 Å². The van der Waals surface area contributed by atoms with Crippen LogP contribution >= 0.6 is 0 Å². The number of hydrogen-bond donors (Lipinski definition) is 1. The van der Waals surface area contributed by atoms with Crippen LogP contribution < -0.4 is 10.3 Å². The second kappa shape index (κ2) is 9.12. The molecule has 0 unspecified atom stereocenters. The normalized spacial score (nSPS) is 11.0. The highest BCUT2D eigenvalue weighted by Crippen LogP contribution is 2.13. The van der Waals surface area contributed by atoms with Gasteiger partial charge >= 0.3 is 0 Å². The highest BCUT2D eigenvalue weighted by Gasteiger charge is 2.06. The van der Waals surface area contributed by atoms with Crippen molar-refractivity contribution in [2.24, 2.45) is 5.10 Å². The number of benzene rings is 2. The molecule has 0 aromatic heterocycles. The molecule has 2 aromatic rings. The third-order valence-electron chi connectivity index (χ3n) is 3.56. The van der Waals surface area contributed by atoms with Gasteiger partial charge in [-0.15, -0.1) is 0 Å². The molecule has 0 aliphatic carbocycles. The number of hydrazone groups is 1. The van der Waals surface area contributed by atoms with E-state index >= 15 is 0 Å². The summed E-state index contributed by atoms with van der Waals surface area (Å²) in [5, 5.41) is 14.4.